The molecule has 7 heteroatoms. The van der Waals surface area contributed by atoms with Crippen molar-refractivity contribution in [1.29, 1.82) is 0 Å². The number of nitrogens with zero attached hydrogens (tertiary/aromatic N) is 2. The Labute approximate surface area is 174 Å². The van der Waals surface area contributed by atoms with Gasteiger partial charge in [0.1, 0.15) is 0 Å². The second-order valence-electron chi connectivity index (χ2n) is 7.49. The van der Waals surface area contributed by atoms with Gasteiger partial charge >= 0.3 is 5.97 Å². The number of hydrogen-bond acceptors (Lipinski definition) is 6. The van der Waals surface area contributed by atoms with Gasteiger partial charge in [-0.3, -0.25) is 14.9 Å². The Morgan fingerprint density at radius 1 is 1.17 bits per heavy atom. The molecule has 3 rings (SSSR count). The van der Waals surface area contributed by atoms with Gasteiger partial charge < -0.3 is 9.64 Å². The molecule has 0 amide bonds. The van der Waals surface area contributed by atoms with Crippen LogP contribution in [0.2, 0.25) is 0 Å². The Hall–Kier alpha value is -3.74. The molecule has 30 heavy (non-hydrogen) atoms. The summed E-state index contributed by atoms with van der Waals surface area (Å²) in [6, 6.07) is 13.8. The number of rotatable bonds is 6. The molecule has 7 nitrogen and oxygen atoms in total. The Kier molecular flexibility index (Phi) is 5.82. The van der Waals surface area contributed by atoms with Crippen molar-refractivity contribution in [3.05, 3.63) is 87.6 Å². The molecule has 0 radical (unpaired) electrons. The molecule has 2 aromatic rings. The minimum atomic E-state index is -0.699. The summed E-state index contributed by atoms with van der Waals surface area (Å²) in [5, 5.41) is 10.8. The maximum Gasteiger partial charge on any atom is 0.331 e. The minimum absolute atomic E-state index is 0.0726. The first-order valence-corrected chi connectivity index (χ1v) is 9.37. The SMILES string of the molecule is CN1/C(=C\C(=O)COC(=O)/C=C/c2cccc([N+](=O)[O-])c2)C(C)(C)c2ccccc21. The number of nitro benzene ring substituents is 1. The van der Waals surface area contributed by atoms with Gasteiger partial charge in [0, 0.05) is 48.1 Å². The number of benzene rings is 2. The van der Waals surface area contributed by atoms with Crippen molar-refractivity contribution in [3.63, 3.8) is 0 Å². The number of para-hydroxylation sites is 1. The van der Waals surface area contributed by atoms with E-state index >= 15 is 0 Å². The molecule has 2 aromatic carbocycles. The van der Waals surface area contributed by atoms with Crippen LogP contribution in [-0.4, -0.2) is 30.3 Å². The Morgan fingerprint density at radius 2 is 1.90 bits per heavy atom. The number of carbonyl (C=O) groups is 2. The first-order valence-electron chi connectivity index (χ1n) is 9.37. The Bertz CT molecular complexity index is 1070. The third-order valence-corrected chi connectivity index (χ3v) is 5.09. The van der Waals surface area contributed by atoms with Crippen LogP contribution in [0.25, 0.3) is 6.08 Å². The van der Waals surface area contributed by atoms with Crippen molar-refractivity contribution < 1.29 is 19.2 Å². The molecule has 0 spiro atoms. The Balaban J connectivity index is 1.63. The predicted octanol–water partition coefficient (Wildman–Crippen LogP) is 4.03. The number of nitro groups is 1. The first kappa shape index (κ1) is 21.0. The minimum Gasteiger partial charge on any atom is -0.454 e. The van der Waals surface area contributed by atoms with E-state index in [0.29, 0.717) is 5.56 Å². The van der Waals surface area contributed by atoms with Crippen LogP contribution in [0.15, 0.2) is 66.4 Å². The van der Waals surface area contributed by atoms with Crippen molar-refractivity contribution in [2.75, 3.05) is 18.6 Å². The highest BCUT2D eigenvalue weighted by atomic mass is 16.6. The highest BCUT2D eigenvalue weighted by Crippen LogP contribution is 2.46. The van der Waals surface area contributed by atoms with E-state index in [1.54, 1.807) is 6.07 Å². The van der Waals surface area contributed by atoms with Crippen molar-refractivity contribution in [2.24, 2.45) is 0 Å². The second-order valence-corrected chi connectivity index (χ2v) is 7.49. The monoisotopic (exact) mass is 406 g/mol. The van der Waals surface area contributed by atoms with E-state index in [1.807, 2.05) is 50.1 Å². The van der Waals surface area contributed by atoms with E-state index < -0.39 is 10.9 Å². The summed E-state index contributed by atoms with van der Waals surface area (Å²) in [6.07, 6.45) is 4.06. The van der Waals surface area contributed by atoms with Gasteiger partial charge in [-0.05, 0) is 23.3 Å². The summed E-state index contributed by atoms with van der Waals surface area (Å²) in [5.74, 6) is -1.02. The molecule has 0 saturated heterocycles. The van der Waals surface area contributed by atoms with Gasteiger partial charge in [-0.1, -0.05) is 44.2 Å². The van der Waals surface area contributed by atoms with Gasteiger partial charge in [-0.2, -0.15) is 0 Å². The van der Waals surface area contributed by atoms with Gasteiger partial charge in [0.05, 0.1) is 4.92 Å². The summed E-state index contributed by atoms with van der Waals surface area (Å²) in [5.41, 5.74) is 3.07. The van der Waals surface area contributed by atoms with Gasteiger partial charge in [-0.25, -0.2) is 4.79 Å². The first-order chi connectivity index (χ1) is 14.2. The lowest BCUT2D eigenvalue weighted by atomic mass is 9.83. The van der Waals surface area contributed by atoms with E-state index in [0.717, 1.165) is 23.0 Å². The largest absolute Gasteiger partial charge is 0.454 e. The normalized spacial score (nSPS) is 16.0. The topological polar surface area (TPSA) is 89.8 Å². The molecule has 154 valence electrons. The second kappa shape index (κ2) is 8.32. The van der Waals surface area contributed by atoms with Crippen LogP contribution in [0.1, 0.15) is 25.0 Å². The number of carbonyl (C=O) groups excluding carboxylic acids is 2. The molecule has 0 N–H and O–H groups in total. The number of fused-ring (bicyclic) bond motifs is 1. The van der Waals surface area contributed by atoms with Gasteiger partial charge in [0.2, 0.25) is 0 Å². The molecule has 0 fully saturated rings. The molecule has 0 saturated carbocycles. The predicted molar refractivity (Wildman–Crippen MR) is 114 cm³/mol. The van der Waals surface area contributed by atoms with E-state index in [-0.39, 0.29) is 23.5 Å². The summed E-state index contributed by atoms with van der Waals surface area (Å²) in [7, 11) is 1.90. The van der Waals surface area contributed by atoms with E-state index in [2.05, 4.69) is 0 Å². The van der Waals surface area contributed by atoms with Crippen molar-refractivity contribution >= 4 is 29.2 Å². The molecule has 1 aliphatic rings. The number of non-ortho nitro benzene ring substituents is 1. The van der Waals surface area contributed by atoms with Gasteiger partial charge in [-0.15, -0.1) is 0 Å². The highest BCUT2D eigenvalue weighted by Gasteiger charge is 2.38. The lowest BCUT2D eigenvalue weighted by molar-refractivity contribution is -0.384. The number of allylic oxidation sites excluding steroid dienone is 1. The average molecular weight is 406 g/mol. The van der Waals surface area contributed by atoms with Crippen LogP contribution in [-0.2, 0) is 19.7 Å². The van der Waals surface area contributed by atoms with Crippen LogP contribution in [0.4, 0.5) is 11.4 Å². The molecular formula is C23H22N2O5. The highest BCUT2D eigenvalue weighted by molar-refractivity contribution is 5.96. The molecule has 0 aromatic heterocycles. The van der Waals surface area contributed by atoms with Crippen molar-refractivity contribution in [1.82, 2.24) is 0 Å². The summed E-state index contributed by atoms with van der Waals surface area (Å²) in [6.45, 7) is 3.70. The summed E-state index contributed by atoms with van der Waals surface area (Å²) in [4.78, 5) is 36.6. The van der Waals surface area contributed by atoms with Gasteiger partial charge in [0.25, 0.3) is 5.69 Å². The standard InChI is InChI=1S/C23H22N2O5/c1-23(2)19-9-4-5-10-20(19)24(3)21(23)14-18(26)15-30-22(27)12-11-16-7-6-8-17(13-16)25(28)29/h4-14H,15H2,1-3H3/b12-11+,21-14-. The zero-order valence-corrected chi connectivity index (χ0v) is 17.0. The quantitative estimate of drug-likeness (QED) is 0.311. The average Bonchev–Trinajstić information content (AvgIpc) is 2.92. The summed E-state index contributed by atoms with van der Waals surface area (Å²) < 4.78 is 5.02. The molecule has 0 aliphatic carbocycles. The zero-order valence-electron chi connectivity index (χ0n) is 17.0. The molecule has 1 aliphatic heterocycles. The lowest BCUT2D eigenvalue weighted by Crippen LogP contribution is -2.25. The smallest absolute Gasteiger partial charge is 0.331 e. The fourth-order valence-corrected chi connectivity index (χ4v) is 3.55. The van der Waals surface area contributed by atoms with Crippen molar-refractivity contribution in [2.45, 2.75) is 19.3 Å². The fraction of sp³-hybridized carbons (Fsp3) is 0.217. The maximum atomic E-state index is 12.4. The zero-order chi connectivity index (χ0) is 21.9. The molecular weight excluding hydrogens is 384 g/mol. The Morgan fingerprint density at radius 3 is 2.60 bits per heavy atom. The third kappa shape index (κ3) is 4.30. The molecule has 0 atom stereocenters. The molecule has 1 heterocycles. The number of ketones is 1. The van der Waals surface area contributed by atoms with Crippen LogP contribution in [0.3, 0.4) is 0 Å². The van der Waals surface area contributed by atoms with E-state index in [1.165, 1.54) is 30.4 Å². The van der Waals surface area contributed by atoms with Crippen LogP contribution >= 0.6 is 0 Å². The van der Waals surface area contributed by atoms with E-state index in [4.69, 9.17) is 4.74 Å². The number of hydrogen-bond donors (Lipinski definition) is 0. The number of esters is 1. The van der Waals surface area contributed by atoms with Crippen LogP contribution in [0, 0.1) is 10.1 Å². The number of ether oxygens (including phenoxy) is 1. The summed E-state index contributed by atoms with van der Waals surface area (Å²) >= 11 is 0. The van der Waals surface area contributed by atoms with E-state index in [9.17, 15) is 19.7 Å². The number of likely N-dealkylation sites (N-methyl/N-ethyl adjacent to an activating group) is 1. The maximum absolute atomic E-state index is 12.4. The number of anilines is 1. The van der Waals surface area contributed by atoms with Crippen molar-refractivity contribution in [3.8, 4) is 0 Å². The van der Waals surface area contributed by atoms with Crippen LogP contribution < -0.4 is 4.90 Å². The fourth-order valence-electron chi connectivity index (χ4n) is 3.55. The molecule has 0 unspecified atom stereocenters. The van der Waals surface area contributed by atoms with Gasteiger partial charge in [0.15, 0.2) is 12.4 Å². The third-order valence-electron chi connectivity index (χ3n) is 5.09. The lowest BCUT2D eigenvalue weighted by Gasteiger charge is -2.23. The molecule has 0 bridgehead atoms. The van der Waals surface area contributed by atoms with Crippen LogP contribution in [0.5, 0.6) is 0 Å².